The van der Waals surface area contributed by atoms with Crippen molar-refractivity contribution in [2.24, 2.45) is 0 Å². The van der Waals surface area contributed by atoms with Crippen LogP contribution in [0.15, 0.2) is 54.6 Å². The molecule has 1 aliphatic rings. The molecule has 2 atom stereocenters. The van der Waals surface area contributed by atoms with E-state index >= 15 is 0 Å². The van der Waals surface area contributed by atoms with Crippen molar-refractivity contribution < 1.29 is 4.74 Å². The van der Waals surface area contributed by atoms with Crippen LogP contribution in [0.5, 0.6) is 0 Å². The van der Waals surface area contributed by atoms with Crippen molar-refractivity contribution in [2.75, 3.05) is 31.6 Å². The first-order chi connectivity index (χ1) is 12.6. The van der Waals surface area contributed by atoms with Crippen LogP contribution < -0.4 is 10.6 Å². The third-order valence-electron chi connectivity index (χ3n) is 4.51. The summed E-state index contributed by atoms with van der Waals surface area (Å²) in [6.45, 7) is 5.54. The van der Waals surface area contributed by atoms with Gasteiger partial charge in [-0.1, -0.05) is 41.9 Å². The number of rotatable bonds is 5. The summed E-state index contributed by atoms with van der Waals surface area (Å²) in [7, 11) is 0. The van der Waals surface area contributed by atoms with Gasteiger partial charge in [0.05, 0.1) is 19.3 Å². The molecule has 3 rings (SSSR count). The molecule has 6 heteroatoms. The normalized spacial score (nSPS) is 17.3. The lowest BCUT2D eigenvalue weighted by molar-refractivity contribution is 0.0102. The molecule has 1 saturated heterocycles. The molecule has 1 aliphatic heterocycles. The molecule has 0 amide bonds. The maximum Gasteiger partial charge on any atom is 0.171 e. The standard InChI is InChI=1S/C20H24ClN3OS/c1-15(22-20(26)23-18-9-7-17(21)8-10-18)19(16-5-3-2-4-6-16)24-11-13-25-14-12-24/h2-10,15,19H,11-14H2,1H3,(H2,22,23,26)/t15-,19+/m0/s1. The SMILES string of the molecule is C[C@H](NC(=S)Nc1ccc(Cl)cc1)[C@H](c1ccccc1)N1CCOCC1. The van der Waals surface area contributed by atoms with Crippen molar-refractivity contribution in [3.8, 4) is 0 Å². The van der Waals surface area contributed by atoms with E-state index in [1.165, 1.54) is 5.56 Å². The number of hydrogen-bond acceptors (Lipinski definition) is 3. The minimum Gasteiger partial charge on any atom is -0.379 e. The van der Waals surface area contributed by atoms with Crippen LogP contribution in [0.2, 0.25) is 5.02 Å². The Bertz CT molecular complexity index is 705. The van der Waals surface area contributed by atoms with E-state index in [9.17, 15) is 0 Å². The molecular formula is C20H24ClN3OS. The second-order valence-corrected chi connectivity index (χ2v) is 7.24. The predicted molar refractivity (Wildman–Crippen MR) is 112 cm³/mol. The molecule has 0 spiro atoms. The van der Waals surface area contributed by atoms with E-state index in [1.54, 1.807) is 0 Å². The van der Waals surface area contributed by atoms with Gasteiger partial charge in [-0.2, -0.15) is 0 Å². The summed E-state index contributed by atoms with van der Waals surface area (Å²) in [4.78, 5) is 2.46. The van der Waals surface area contributed by atoms with Crippen LogP contribution >= 0.6 is 23.8 Å². The molecule has 0 bridgehead atoms. The van der Waals surface area contributed by atoms with Gasteiger partial charge >= 0.3 is 0 Å². The number of thiocarbonyl (C=S) groups is 1. The molecule has 2 N–H and O–H groups in total. The molecule has 2 aromatic carbocycles. The molecule has 0 saturated carbocycles. The Morgan fingerprint density at radius 3 is 2.38 bits per heavy atom. The predicted octanol–water partition coefficient (Wildman–Crippen LogP) is 4.09. The van der Waals surface area contributed by atoms with Gasteiger partial charge in [0.15, 0.2) is 5.11 Å². The first-order valence-corrected chi connectivity index (χ1v) is 9.62. The summed E-state index contributed by atoms with van der Waals surface area (Å²) >= 11 is 11.5. The summed E-state index contributed by atoms with van der Waals surface area (Å²) in [6.07, 6.45) is 0. The van der Waals surface area contributed by atoms with Crippen LogP contribution in [0.25, 0.3) is 0 Å². The summed E-state index contributed by atoms with van der Waals surface area (Å²) in [5.74, 6) is 0. The summed E-state index contributed by atoms with van der Waals surface area (Å²) in [5, 5.41) is 7.98. The van der Waals surface area contributed by atoms with Gasteiger partial charge in [-0.25, -0.2) is 0 Å². The molecule has 138 valence electrons. The van der Waals surface area contributed by atoms with Gasteiger partial charge < -0.3 is 15.4 Å². The maximum atomic E-state index is 5.94. The Morgan fingerprint density at radius 1 is 1.08 bits per heavy atom. The Labute approximate surface area is 165 Å². The zero-order valence-electron chi connectivity index (χ0n) is 14.8. The highest BCUT2D eigenvalue weighted by atomic mass is 35.5. The number of nitrogens with one attached hydrogen (secondary N) is 2. The number of hydrogen-bond donors (Lipinski definition) is 2. The third kappa shape index (κ3) is 5.17. The number of nitrogens with zero attached hydrogens (tertiary/aromatic N) is 1. The van der Waals surface area contributed by atoms with Gasteiger partial charge in [-0.05, 0) is 49.0 Å². The van der Waals surface area contributed by atoms with Gasteiger partial charge in [-0.3, -0.25) is 4.90 Å². The van der Waals surface area contributed by atoms with Crippen LogP contribution in [0.1, 0.15) is 18.5 Å². The van der Waals surface area contributed by atoms with E-state index in [0.29, 0.717) is 10.1 Å². The molecule has 2 aromatic rings. The van der Waals surface area contributed by atoms with Gasteiger partial charge in [0.2, 0.25) is 0 Å². The number of halogens is 1. The van der Waals surface area contributed by atoms with Gasteiger partial charge in [0.1, 0.15) is 0 Å². The first-order valence-electron chi connectivity index (χ1n) is 8.83. The lowest BCUT2D eigenvalue weighted by atomic mass is 9.98. The molecule has 0 unspecified atom stereocenters. The van der Waals surface area contributed by atoms with E-state index in [1.807, 2.05) is 30.3 Å². The Kier molecular flexibility index (Phi) is 6.86. The van der Waals surface area contributed by atoms with E-state index in [4.69, 9.17) is 28.6 Å². The Balaban J connectivity index is 1.69. The quantitative estimate of drug-likeness (QED) is 0.753. The highest BCUT2D eigenvalue weighted by Gasteiger charge is 2.28. The second-order valence-electron chi connectivity index (χ2n) is 6.40. The second kappa shape index (κ2) is 9.33. The van der Waals surface area contributed by atoms with Crippen molar-refractivity contribution in [1.82, 2.24) is 10.2 Å². The topological polar surface area (TPSA) is 36.5 Å². The van der Waals surface area contributed by atoms with Crippen LogP contribution in [0.4, 0.5) is 5.69 Å². The molecule has 0 aliphatic carbocycles. The zero-order chi connectivity index (χ0) is 18.4. The third-order valence-corrected chi connectivity index (χ3v) is 4.99. The van der Waals surface area contributed by atoms with Crippen molar-refractivity contribution in [1.29, 1.82) is 0 Å². The number of ether oxygens (including phenoxy) is 1. The fourth-order valence-electron chi connectivity index (χ4n) is 3.31. The molecule has 0 aromatic heterocycles. The van der Waals surface area contributed by atoms with Crippen molar-refractivity contribution >= 4 is 34.6 Å². The Hall–Kier alpha value is -1.66. The molecule has 0 radical (unpaired) electrons. The highest BCUT2D eigenvalue weighted by molar-refractivity contribution is 7.80. The van der Waals surface area contributed by atoms with Crippen LogP contribution in [0.3, 0.4) is 0 Å². The summed E-state index contributed by atoms with van der Waals surface area (Å²) in [6, 6.07) is 18.4. The van der Waals surface area contributed by atoms with Gasteiger partial charge in [0, 0.05) is 29.8 Å². The van der Waals surface area contributed by atoms with Crippen molar-refractivity contribution in [3.05, 3.63) is 65.2 Å². The van der Waals surface area contributed by atoms with Crippen LogP contribution in [-0.4, -0.2) is 42.4 Å². The van der Waals surface area contributed by atoms with Crippen molar-refractivity contribution in [3.63, 3.8) is 0 Å². The average molecular weight is 390 g/mol. The fourth-order valence-corrected chi connectivity index (χ4v) is 3.74. The lowest BCUT2D eigenvalue weighted by Gasteiger charge is -2.38. The minimum absolute atomic E-state index is 0.141. The van der Waals surface area contributed by atoms with Crippen molar-refractivity contribution in [2.45, 2.75) is 19.0 Å². The largest absolute Gasteiger partial charge is 0.379 e. The van der Waals surface area contributed by atoms with E-state index < -0.39 is 0 Å². The summed E-state index contributed by atoms with van der Waals surface area (Å²) < 4.78 is 5.52. The minimum atomic E-state index is 0.141. The molecule has 1 fully saturated rings. The number of anilines is 1. The fraction of sp³-hybridized carbons (Fsp3) is 0.350. The number of benzene rings is 2. The lowest BCUT2D eigenvalue weighted by Crippen LogP contribution is -2.49. The molecule has 4 nitrogen and oxygen atoms in total. The van der Waals surface area contributed by atoms with Gasteiger partial charge in [0.25, 0.3) is 0 Å². The van der Waals surface area contributed by atoms with E-state index in [0.717, 1.165) is 32.0 Å². The molecule has 26 heavy (non-hydrogen) atoms. The highest BCUT2D eigenvalue weighted by Crippen LogP contribution is 2.25. The van der Waals surface area contributed by atoms with Crippen LogP contribution in [-0.2, 0) is 4.74 Å². The monoisotopic (exact) mass is 389 g/mol. The zero-order valence-corrected chi connectivity index (χ0v) is 16.4. The maximum absolute atomic E-state index is 5.94. The Morgan fingerprint density at radius 2 is 1.73 bits per heavy atom. The van der Waals surface area contributed by atoms with E-state index in [2.05, 4.69) is 46.7 Å². The van der Waals surface area contributed by atoms with E-state index in [-0.39, 0.29) is 12.1 Å². The number of morpholine rings is 1. The summed E-state index contributed by atoms with van der Waals surface area (Å²) in [5.41, 5.74) is 2.20. The molecule has 1 heterocycles. The molecular weight excluding hydrogens is 366 g/mol. The van der Waals surface area contributed by atoms with Crippen LogP contribution in [0, 0.1) is 0 Å². The van der Waals surface area contributed by atoms with Gasteiger partial charge in [-0.15, -0.1) is 0 Å². The smallest absolute Gasteiger partial charge is 0.171 e. The average Bonchev–Trinajstić information content (AvgIpc) is 2.65. The first kappa shape index (κ1) is 19.1.